The van der Waals surface area contributed by atoms with E-state index in [1.54, 1.807) is 0 Å². The maximum absolute atomic E-state index is 12.2. The van der Waals surface area contributed by atoms with Crippen LogP contribution in [0.3, 0.4) is 0 Å². The van der Waals surface area contributed by atoms with E-state index in [1.165, 1.54) is 6.42 Å². The number of piperidine rings is 1. The lowest BCUT2D eigenvalue weighted by Gasteiger charge is -2.37. The molecular weight excluding hydrogens is 236 g/mol. The Hall–Kier alpha value is -0.730. The van der Waals surface area contributed by atoms with E-state index in [2.05, 4.69) is 23.2 Å². The number of rotatable bonds is 7. The summed E-state index contributed by atoms with van der Waals surface area (Å²) in [5.74, 6) is 0.530. The fraction of sp³-hybridized carbons (Fsp3) is 0.923. The van der Waals surface area contributed by atoms with Crippen LogP contribution in [0.2, 0.25) is 0 Å². The van der Waals surface area contributed by atoms with Gasteiger partial charge in [-0.2, -0.15) is 5.26 Å². The molecule has 1 rings (SSSR count). The zero-order valence-electron chi connectivity index (χ0n) is 11.0. The van der Waals surface area contributed by atoms with Crippen molar-refractivity contribution in [2.24, 2.45) is 5.92 Å². The number of unbranched alkanes of at least 4 members (excludes halogenated alkanes) is 1. The Morgan fingerprint density at radius 3 is 2.83 bits per heavy atom. The summed E-state index contributed by atoms with van der Waals surface area (Å²) < 4.78 is 24.4. The van der Waals surface area contributed by atoms with E-state index in [9.17, 15) is 8.78 Å². The lowest BCUT2D eigenvalue weighted by Crippen LogP contribution is -2.50. The SMILES string of the molecule is CCCCC1CC(NCC(F)F)CN(CC#N)C1. The number of hydrogen-bond donors (Lipinski definition) is 1. The molecule has 0 aromatic heterocycles. The number of hydrogen-bond acceptors (Lipinski definition) is 3. The Morgan fingerprint density at radius 1 is 1.44 bits per heavy atom. The van der Waals surface area contributed by atoms with Gasteiger partial charge in [0.05, 0.1) is 19.2 Å². The molecule has 0 aromatic rings. The number of alkyl halides is 2. The summed E-state index contributed by atoms with van der Waals surface area (Å²) in [4.78, 5) is 2.08. The first-order chi connectivity index (χ1) is 8.65. The van der Waals surface area contributed by atoms with Gasteiger partial charge in [0.2, 0.25) is 0 Å². The molecule has 0 bridgehead atoms. The summed E-state index contributed by atoms with van der Waals surface area (Å²) in [6.45, 7) is 3.95. The van der Waals surface area contributed by atoms with Crippen molar-refractivity contribution in [2.75, 3.05) is 26.2 Å². The highest BCUT2D eigenvalue weighted by molar-refractivity contribution is 4.87. The summed E-state index contributed by atoms with van der Waals surface area (Å²) in [5, 5.41) is 11.7. The molecule has 1 heterocycles. The lowest BCUT2D eigenvalue weighted by atomic mass is 9.90. The maximum atomic E-state index is 12.2. The van der Waals surface area contributed by atoms with Gasteiger partial charge in [-0.15, -0.1) is 0 Å². The minimum absolute atomic E-state index is 0.1000. The summed E-state index contributed by atoms with van der Waals surface area (Å²) in [7, 11) is 0. The number of likely N-dealkylation sites (tertiary alicyclic amines) is 1. The van der Waals surface area contributed by atoms with Crippen LogP contribution in [-0.2, 0) is 0 Å². The van der Waals surface area contributed by atoms with Crippen LogP contribution in [0.4, 0.5) is 8.78 Å². The fourth-order valence-electron chi connectivity index (χ4n) is 2.64. The zero-order valence-corrected chi connectivity index (χ0v) is 11.0. The van der Waals surface area contributed by atoms with Crippen molar-refractivity contribution >= 4 is 0 Å². The highest BCUT2D eigenvalue weighted by Crippen LogP contribution is 2.22. The van der Waals surface area contributed by atoms with E-state index in [-0.39, 0.29) is 12.6 Å². The molecule has 2 unspecified atom stereocenters. The lowest BCUT2D eigenvalue weighted by molar-refractivity contribution is 0.112. The predicted octanol–water partition coefficient (Wildman–Crippen LogP) is 2.25. The van der Waals surface area contributed by atoms with Crippen LogP contribution >= 0.6 is 0 Å². The van der Waals surface area contributed by atoms with E-state index in [1.807, 2.05) is 0 Å². The first-order valence-electron chi connectivity index (χ1n) is 6.76. The fourth-order valence-corrected chi connectivity index (χ4v) is 2.64. The molecule has 1 aliphatic rings. The molecule has 1 N–H and O–H groups in total. The molecule has 0 amide bonds. The van der Waals surface area contributed by atoms with Crippen LogP contribution in [-0.4, -0.2) is 43.5 Å². The Balaban J connectivity index is 2.43. The van der Waals surface area contributed by atoms with E-state index in [4.69, 9.17) is 5.26 Å². The molecule has 3 nitrogen and oxygen atoms in total. The molecule has 0 spiro atoms. The van der Waals surface area contributed by atoms with E-state index in [0.29, 0.717) is 19.0 Å². The van der Waals surface area contributed by atoms with Gasteiger partial charge in [-0.3, -0.25) is 4.90 Å². The second-order valence-corrected chi connectivity index (χ2v) is 5.09. The number of nitrogens with one attached hydrogen (secondary N) is 1. The molecule has 0 aliphatic carbocycles. The minimum Gasteiger partial charge on any atom is -0.307 e. The van der Waals surface area contributed by atoms with Crippen molar-refractivity contribution in [3.63, 3.8) is 0 Å². The van der Waals surface area contributed by atoms with Gasteiger partial charge in [-0.25, -0.2) is 8.78 Å². The average molecular weight is 259 g/mol. The second-order valence-electron chi connectivity index (χ2n) is 5.09. The molecule has 0 radical (unpaired) electrons. The van der Waals surface area contributed by atoms with E-state index in [0.717, 1.165) is 25.8 Å². The van der Waals surface area contributed by atoms with Gasteiger partial charge >= 0.3 is 0 Å². The Morgan fingerprint density at radius 2 is 2.22 bits per heavy atom. The predicted molar refractivity (Wildman–Crippen MR) is 67.5 cm³/mol. The van der Waals surface area contributed by atoms with Crippen LogP contribution in [0.1, 0.15) is 32.6 Å². The summed E-state index contributed by atoms with van der Waals surface area (Å²) in [6, 6.07) is 2.25. The van der Waals surface area contributed by atoms with Crippen molar-refractivity contribution in [2.45, 2.75) is 45.1 Å². The van der Waals surface area contributed by atoms with Gasteiger partial charge in [0.25, 0.3) is 6.43 Å². The molecular formula is C13H23F2N3. The normalized spacial score (nSPS) is 25.3. The van der Waals surface area contributed by atoms with Gasteiger partial charge in [-0.05, 0) is 18.8 Å². The van der Waals surface area contributed by atoms with Crippen molar-refractivity contribution in [3.05, 3.63) is 0 Å². The Bertz CT molecular complexity index is 265. The summed E-state index contributed by atoms with van der Waals surface area (Å²) in [6.07, 6.45) is 2.11. The third-order valence-corrected chi connectivity index (χ3v) is 3.43. The van der Waals surface area contributed by atoms with Crippen LogP contribution in [0.25, 0.3) is 0 Å². The van der Waals surface area contributed by atoms with Crippen molar-refractivity contribution < 1.29 is 8.78 Å². The first kappa shape index (κ1) is 15.3. The summed E-state index contributed by atoms with van der Waals surface area (Å²) in [5.41, 5.74) is 0. The number of halogens is 2. The van der Waals surface area contributed by atoms with Crippen LogP contribution in [0.15, 0.2) is 0 Å². The molecule has 0 aromatic carbocycles. The van der Waals surface area contributed by atoms with E-state index >= 15 is 0 Å². The molecule has 1 aliphatic heterocycles. The van der Waals surface area contributed by atoms with Crippen molar-refractivity contribution in [1.82, 2.24) is 10.2 Å². The van der Waals surface area contributed by atoms with Gasteiger partial charge < -0.3 is 5.32 Å². The number of nitrogens with zero attached hydrogens (tertiary/aromatic N) is 2. The molecule has 1 saturated heterocycles. The van der Waals surface area contributed by atoms with E-state index < -0.39 is 6.43 Å². The minimum atomic E-state index is -2.30. The van der Waals surface area contributed by atoms with Gasteiger partial charge in [0.1, 0.15) is 0 Å². The van der Waals surface area contributed by atoms with Gasteiger partial charge in [0.15, 0.2) is 0 Å². The molecule has 5 heteroatoms. The molecule has 2 atom stereocenters. The van der Waals surface area contributed by atoms with Crippen molar-refractivity contribution in [3.8, 4) is 6.07 Å². The molecule has 1 fully saturated rings. The van der Waals surface area contributed by atoms with Gasteiger partial charge in [0, 0.05) is 19.1 Å². The van der Waals surface area contributed by atoms with Crippen molar-refractivity contribution in [1.29, 1.82) is 5.26 Å². The van der Waals surface area contributed by atoms with Crippen LogP contribution < -0.4 is 5.32 Å². The molecule has 104 valence electrons. The average Bonchev–Trinajstić information content (AvgIpc) is 2.34. The second kappa shape index (κ2) is 8.39. The monoisotopic (exact) mass is 259 g/mol. The van der Waals surface area contributed by atoms with Gasteiger partial charge in [-0.1, -0.05) is 19.8 Å². The van der Waals surface area contributed by atoms with Crippen LogP contribution in [0.5, 0.6) is 0 Å². The molecule has 18 heavy (non-hydrogen) atoms. The zero-order chi connectivity index (χ0) is 13.4. The quantitative estimate of drug-likeness (QED) is 0.713. The highest BCUT2D eigenvalue weighted by Gasteiger charge is 2.26. The Kier molecular flexibility index (Phi) is 7.14. The first-order valence-corrected chi connectivity index (χ1v) is 6.76. The topological polar surface area (TPSA) is 39.1 Å². The highest BCUT2D eigenvalue weighted by atomic mass is 19.3. The number of nitriles is 1. The standard InChI is InChI=1S/C13H23F2N3/c1-2-3-4-11-7-12(17-8-13(14)15)10-18(9-11)6-5-16/h11-13,17H,2-4,6-10H2,1H3. The third-order valence-electron chi connectivity index (χ3n) is 3.43. The largest absolute Gasteiger partial charge is 0.307 e. The Labute approximate surface area is 108 Å². The third kappa shape index (κ3) is 5.74. The smallest absolute Gasteiger partial charge is 0.250 e. The van der Waals surface area contributed by atoms with Crippen LogP contribution in [0, 0.1) is 17.2 Å². The molecule has 0 saturated carbocycles. The maximum Gasteiger partial charge on any atom is 0.250 e. The summed E-state index contributed by atoms with van der Waals surface area (Å²) >= 11 is 0.